The molecular formula is C15H20ClN. The van der Waals surface area contributed by atoms with Crippen LogP contribution in [0.5, 0.6) is 0 Å². The molecule has 1 aromatic rings. The van der Waals surface area contributed by atoms with E-state index >= 15 is 0 Å². The van der Waals surface area contributed by atoms with Crippen LogP contribution in [0.2, 0.25) is 5.02 Å². The van der Waals surface area contributed by atoms with Gasteiger partial charge in [0.15, 0.2) is 0 Å². The van der Waals surface area contributed by atoms with Gasteiger partial charge in [0.05, 0.1) is 0 Å². The van der Waals surface area contributed by atoms with E-state index in [1.807, 2.05) is 12.1 Å². The quantitative estimate of drug-likeness (QED) is 0.857. The number of halogens is 1. The third kappa shape index (κ3) is 2.36. The van der Waals surface area contributed by atoms with Crippen LogP contribution in [-0.4, -0.2) is 12.6 Å². The van der Waals surface area contributed by atoms with Crippen molar-refractivity contribution in [3.05, 3.63) is 34.9 Å². The van der Waals surface area contributed by atoms with Gasteiger partial charge in [-0.25, -0.2) is 0 Å². The highest BCUT2D eigenvalue weighted by Crippen LogP contribution is 2.47. The zero-order valence-corrected chi connectivity index (χ0v) is 11.1. The van der Waals surface area contributed by atoms with Gasteiger partial charge in [0.2, 0.25) is 0 Å². The lowest BCUT2D eigenvalue weighted by atomic mass is 9.59. The van der Waals surface area contributed by atoms with Crippen molar-refractivity contribution in [2.24, 2.45) is 5.92 Å². The first-order chi connectivity index (χ1) is 8.18. The normalized spacial score (nSPS) is 32.2. The molecule has 1 N–H and O–H groups in total. The maximum Gasteiger partial charge on any atom is 0.0406 e. The minimum absolute atomic E-state index is 0.382. The van der Waals surface area contributed by atoms with Crippen molar-refractivity contribution in [2.75, 3.05) is 6.54 Å². The molecule has 92 valence electrons. The van der Waals surface area contributed by atoms with Crippen molar-refractivity contribution >= 4 is 11.6 Å². The number of benzene rings is 1. The van der Waals surface area contributed by atoms with E-state index in [-0.39, 0.29) is 0 Å². The molecule has 2 saturated carbocycles. The van der Waals surface area contributed by atoms with Crippen LogP contribution in [0.3, 0.4) is 0 Å². The zero-order valence-electron chi connectivity index (χ0n) is 10.4. The molecule has 2 fully saturated rings. The highest BCUT2D eigenvalue weighted by Gasteiger charge is 2.43. The second-order valence-electron chi connectivity index (χ2n) is 5.96. The largest absolute Gasteiger partial charge is 0.313 e. The van der Waals surface area contributed by atoms with E-state index in [9.17, 15) is 0 Å². The third-order valence-electron chi connectivity index (χ3n) is 4.24. The Hall–Kier alpha value is -0.530. The lowest BCUT2D eigenvalue weighted by molar-refractivity contribution is 0.152. The molecule has 17 heavy (non-hydrogen) atoms. The summed E-state index contributed by atoms with van der Waals surface area (Å²) in [7, 11) is 0. The van der Waals surface area contributed by atoms with E-state index in [1.165, 1.54) is 31.2 Å². The van der Waals surface area contributed by atoms with Crippen molar-refractivity contribution in [1.82, 2.24) is 5.32 Å². The van der Waals surface area contributed by atoms with Gasteiger partial charge < -0.3 is 5.32 Å². The molecule has 0 radical (unpaired) electrons. The average molecular weight is 250 g/mol. The number of rotatable bonds is 4. The SMILES string of the molecule is CC1CC(CNC2CC2)(c2ccc(Cl)cc2)C1. The molecule has 0 unspecified atom stereocenters. The van der Waals surface area contributed by atoms with Crippen LogP contribution >= 0.6 is 11.6 Å². The lowest BCUT2D eigenvalue weighted by Crippen LogP contribution is -2.48. The predicted octanol–water partition coefficient (Wildman–Crippen LogP) is 3.76. The topological polar surface area (TPSA) is 12.0 Å². The van der Waals surface area contributed by atoms with Gasteiger partial charge in [-0.3, -0.25) is 0 Å². The molecule has 2 heteroatoms. The van der Waals surface area contributed by atoms with Crippen LogP contribution in [-0.2, 0) is 5.41 Å². The Morgan fingerprint density at radius 1 is 1.24 bits per heavy atom. The van der Waals surface area contributed by atoms with Crippen LogP contribution in [0, 0.1) is 5.92 Å². The summed E-state index contributed by atoms with van der Waals surface area (Å²) in [5.41, 5.74) is 1.85. The minimum Gasteiger partial charge on any atom is -0.313 e. The van der Waals surface area contributed by atoms with Crippen LogP contribution in [0.4, 0.5) is 0 Å². The number of hydrogen-bond donors (Lipinski definition) is 1. The van der Waals surface area contributed by atoms with Crippen molar-refractivity contribution in [3.8, 4) is 0 Å². The standard InChI is InChI=1S/C15H20ClN/c1-11-8-15(9-11,10-17-14-6-7-14)12-2-4-13(16)5-3-12/h2-5,11,14,17H,6-10H2,1H3. The highest BCUT2D eigenvalue weighted by atomic mass is 35.5. The minimum atomic E-state index is 0.382. The van der Waals surface area contributed by atoms with E-state index in [0.29, 0.717) is 5.41 Å². The van der Waals surface area contributed by atoms with Crippen molar-refractivity contribution in [2.45, 2.75) is 44.1 Å². The van der Waals surface area contributed by atoms with Gasteiger partial charge in [-0.15, -0.1) is 0 Å². The molecule has 0 amide bonds. The van der Waals surface area contributed by atoms with Gasteiger partial charge in [0.1, 0.15) is 0 Å². The van der Waals surface area contributed by atoms with Gasteiger partial charge in [0.25, 0.3) is 0 Å². The number of nitrogens with one attached hydrogen (secondary N) is 1. The van der Waals surface area contributed by atoms with Gasteiger partial charge in [-0.05, 0) is 49.3 Å². The second kappa shape index (κ2) is 4.29. The summed E-state index contributed by atoms with van der Waals surface area (Å²) in [5, 5.41) is 4.54. The summed E-state index contributed by atoms with van der Waals surface area (Å²) in [6.07, 6.45) is 5.36. The van der Waals surface area contributed by atoms with Crippen LogP contribution in [0.25, 0.3) is 0 Å². The molecule has 3 rings (SSSR count). The second-order valence-corrected chi connectivity index (χ2v) is 6.39. The molecule has 0 aromatic heterocycles. The fourth-order valence-electron chi connectivity index (χ4n) is 3.19. The van der Waals surface area contributed by atoms with Crippen LogP contribution in [0.1, 0.15) is 38.2 Å². The maximum atomic E-state index is 5.97. The molecule has 0 spiro atoms. The summed E-state index contributed by atoms with van der Waals surface area (Å²) in [6, 6.07) is 9.28. The molecular weight excluding hydrogens is 230 g/mol. The Bertz CT molecular complexity index is 388. The first kappa shape index (κ1) is 11.6. The first-order valence-electron chi connectivity index (χ1n) is 6.67. The predicted molar refractivity (Wildman–Crippen MR) is 72.6 cm³/mol. The van der Waals surface area contributed by atoms with Crippen molar-refractivity contribution in [1.29, 1.82) is 0 Å². The molecule has 1 aromatic carbocycles. The van der Waals surface area contributed by atoms with E-state index in [4.69, 9.17) is 11.6 Å². The van der Waals surface area contributed by atoms with Gasteiger partial charge in [-0.2, -0.15) is 0 Å². The van der Waals surface area contributed by atoms with Crippen LogP contribution in [0.15, 0.2) is 24.3 Å². The Balaban J connectivity index is 1.75. The van der Waals surface area contributed by atoms with Gasteiger partial charge in [-0.1, -0.05) is 30.7 Å². The zero-order chi connectivity index (χ0) is 11.9. The fraction of sp³-hybridized carbons (Fsp3) is 0.600. The molecule has 0 saturated heterocycles. The van der Waals surface area contributed by atoms with Crippen LogP contribution < -0.4 is 5.32 Å². The van der Waals surface area contributed by atoms with Gasteiger partial charge in [0, 0.05) is 23.0 Å². The molecule has 0 atom stereocenters. The first-order valence-corrected chi connectivity index (χ1v) is 7.05. The summed E-state index contributed by atoms with van der Waals surface area (Å²) in [6.45, 7) is 3.49. The molecule has 0 bridgehead atoms. The fourth-order valence-corrected chi connectivity index (χ4v) is 3.31. The maximum absolute atomic E-state index is 5.97. The van der Waals surface area contributed by atoms with E-state index in [1.54, 1.807) is 0 Å². The molecule has 0 aliphatic heterocycles. The highest BCUT2D eigenvalue weighted by molar-refractivity contribution is 6.30. The Kier molecular flexibility index (Phi) is 2.92. The summed E-state index contributed by atoms with van der Waals surface area (Å²) >= 11 is 5.97. The molecule has 2 aliphatic carbocycles. The van der Waals surface area contributed by atoms with E-state index in [2.05, 4.69) is 24.4 Å². The summed E-state index contributed by atoms with van der Waals surface area (Å²) < 4.78 is 0. The smallest absolute Gasteiger partial charge is 0.0406 e. The Morgan fingerprint density at radius 3 is 2.41 bits per heavy atom. The van der Waals surface area contributed by atoms with E-state index < -0.39 is 0 Å². The Morgan fingerprint density at radius 2 is 1.88 bits per heavy atom. The van der Waals surface area contributed by atoms with Crippen molar-refractivity contribution < 1.29 is 0 Å². The molecule has 0 heterocycles. The average Bonchev–Trinajstić information content (AvgIpc) is 3.08. The molecule has 1 nitrogen and oxygen atoms in total. The van der Waals surface area contributed by atoms with Crippen molar-refractivity contribution in [3.63, 3.8) is 0 Å². The van der Waals surface area contributed by atoms with Gasteiger partial charge >= 0.3 is 0 Å². The third-order valence-corrected chi connectivity index (χ3v) is 4.49. The van der Waals surface area contributed by atoms with E-state index in [0.717, 1.165) is 23.5 Å². The lowest BCUT2D eigenvalue weighted by Gasteiger charge is -2.47. The monoisotopic (exact) mass is 249 g/mol. The Labute approximate surface area is 109 Å². The summed E-state index contributed by atoms with van der Waals surface area (Å²) in [5.74, 6) is 0.867. The summed E-state index contributed by atoms with van der Waals surface area (Å²) in [4.78, 5) is 0. The molecule has 2 aliphatic rings. The number of hydrogen-bond acceptors (Lipinski definition) is 1.